The van der Waals surface area contributed by atoms with Gasteiger partial charge in [0, 0.05) is 36.9 Å². The standard InChI is InChI=1S/C13H25N5O/c1-4-18-10-11(9-15-18)12(16-14)13(2,3)17-5-7-19-8-6-17/h9-10,12,16H,4-8,14H2,1-3H3. The molecule has 1 aromatic rings. The maximum atomic E-state index is 5.80. The van der Waals surface area contributed by atoms with Gasteiger partial charge in [0.2, 0.25) is 0 Å². The van der Waals surface area contributed by atoms with Crippen molar-refractivity contribution in [1.29, 1.82) is 0 Å². The van der Waals surface area contributed by atoms with Gasteiger partial charge in [0.1, 0.15) is 0 Å². The SMILES string of the molecule is CCn1cc(C(NN)C(C)(C)N2CCOCC2)cn1. The number of ether oxygens (including phenoxy) is 1. The highest BCUT2D eigenvalue weighted by Gasteiger charge is 2.37. The van der Waals surface area contributed by atoms with Crippen LogP contribution in [0.4, 0.5) is 0 Å². The van der Waals surface area contributed by atoms with Gasteiger partial charge >= 0.3 is 0 Å². The number of aryl methyl sites for hydroxylation is 1. The van der Waals surface area contributed by atoms with E-state index < -0.39 is 0 Å². The van der Waals surface area contributed by atoms with Crippen LogP contribution in [0.25, 0.3) is 0 Å². The van der Waals surface area contributed by atoms with E-state index in [1.165, 1.54) is 0 Å². The number of nitrogens with zero attached hydrogens (tertiary/aromatic N) is 3. The van der Waals surface area contributed by atoms with Crippen molar-refractivity contribution in [3.63, 3.8) is 0 Å². The van der Waals surface area contributed by atoms with Gasteiger partial charge in [-0.15, -0.1) is 0 Å². The zero-order valence-electron chi connectivity index (χ0n) is 12.1. The summed E-state index contributed by atoms with van der Waals surface area (Å²) in [5.74, 6) is 5.80. The fraction of sp³-hybridized carbons (Fsp3) is 0.769. The molecule has 1 aromatic heterocycles. The van der Waals surface area contributed by atoms with E-state index in [4.69, 9.17) is 10.6 Å². The molecular formula is C13H25N5O. The van der Waals surface area contributed by atoms with Crippen LogP contribution in [0.1, 0.15) is 32.4 Å². The molecule has 1 fully saturated rings. The molecular weight excluding hydrogens is 242 g/mol. The van der Waals surface area contributed by atoms with Gasteiger partial charge < -0.3 is 4.74 Å². The lowest BCUT2D eigenvalue weighted by Crippen LogP contribution is -2.57. The molecule has 0 amide bonds. The van der Waals surface area contributed by atoms with E-state index in [1.54, 1.807) is 0 Å². The van der Waals surface area contributed by atoms with Gasteiger partial charge in [-0.25, -0.2) is 0 Å². The monoisotopic (exact) mass is 267 g/mol. The van der Waals surface area contributed by atoms with Crippen molar-refractivity contribution in [2.24, 2.45) is 5.84 Å². The zero-order valence-corrected chi connectivity index (χ0v) is 12.1. The summed E-state index contributed by atoms with van der Waals surface area (Å²) in [6, 6.07) is 0.0471. The largest absolute Gasteiger partial charge is 0.379 e. The summed E-state index contributed by atoms with van der Waals surface area (Å²) in [4.78, 5) is 2.42. The Labute approximate surface area is 114 Å². The summed E-state index contributed by atoms with van der Waals surface area (Å²) in [6.07, 6.45) is 3.96. The number of nitrogens with one attached hydrogen (secondary N) is 1. The molecule has 2 rings (SSSR count). The van der Waals surface area contributed by atoms with Gasteiger partial charge in [0.15, 0.2) is 0 Å². The number of hydrogen-bond acceptors (Lipinski definition) is 5. The Morgan fingerprint density at radius 2 is 2.16 bits per heavy atom. The Morgan fingerprint density at radius 3 is 2.68 bits per heavy atom. The van der Waals surface area contributed by atoms with Crippen LogP contribution in [0.2, 0.25) is 0 Å². The topological polar surface area (TPSA) is 68.3 Å². The van der Waals surface area contributed by atoms with E-state index in [0.29, 0.717) is 0 Å². The van der Waals surface area contributed by atoms with Gasteiger partial charge in [-0.2, -0.15) is 5.10 Å². The van der Waals surface area contributed by atoms with E-state index in [9.17, 15) is 0 Å². The van der Waals surface area contributed by atoms with Gasteiger partial charge in [0.25, 0.3) is 0 Å². The predicted molar refractivity (Wildman–Crippen MR) is 74.4 cm³/mol. The molecule has 0 aromatic carbocycles. The molecule has 6 heteroatoms. The number of hydrazine groups is 1. The van der Waals surface area contributed by atoms with E-state index in [0.717, 1.165) is 38.4 Å². The smallest absolute Gasteiger partial charge is 0.0669 e. The third-order valence-electron chi connectivity index (χ3n) is 4.01. The molecule has 1 atom stereocenters. The summed E-state index contributed by atoms with van der Waals surface area (Å²) in [5, 5.41) is 4.34. The molecule has 1 saturated heterocycles. The van der Waals surface area contributed by atoms with Crippen molar-refractivity contribution >= 4 is 0 Å². The summed E-state index contributed by atoms with van der Waals surface area (Å²) < 4.78 is 7.35. The average molecular weight is 267 g/mol. The Bertz CT molecular complexity index is 397. The number of hydrogen-bond donors (Lipinski definition) is 2. The van der Waals surface area contributed by atoms with Crippen molar-refractivity contribution in [3.8, 4) is 0 Å². The minimum atomic E-state index is -0.0832. The Balaban J connectivity index is 2.18. The molecule has 3 N–H and O–H groups in total. The molecule has 0 bridgehead atoms. The van der Waals surface area contributed by atoms with Crippen LogP contribution in [-0.4, -0.2) is 46.5 Å². The lowest BCUT2D eigenvalue weighted by Gasteiger charge is -2.45. The van der Waals surface area contributed by atoms with Gasteiger partial charge in [-0.1, -0.05) is 0 Å². The van der Waals surface area contributed by atoms with Crippen LogP contribution >= 0.6 is 0 Å². The van der Waals surface area contributed by atoms with E-state index >= 15 is 0 Å². The normalized spacial score (nSPS) is 19.6. The van der Waals surface area contributed by atoms with Crippen molar-refractivity contribution in [2.45, 2.75) is 38.9 Å². The van der Waals surface area contributed by atoms with Gasteiger partial charge in [-0.3, -0.25) is 20.9 Å². The lowest BCUT2D eigenvalue weighted by atomic mass is 9.88. The Morgan fingerprint density at radius 1 is 1.47 bits per heavy atom. The summed E-state index contributed by atoms with van der Waals surface area (Å²) >= 11 is 0. The minimum absolute atomic E-state index is 0.0471. The van der Waals surface area contributed by atoms with E-state index in [-0.39, 0.29) is 11.6 Å². The Kier molecular flexibility index (Phi) is 4.57. The van der Waals surface area contributed by atoms with Crippen molar-refractivity contribution in [3.05, 3.63) is 18.0 Å². The molecule has 19 heavy (non-hydrogen) atoms. The first kappa shape index (κ1) is 14.5. The zero-order chi connectivity index (χ0) is 13.9. The first-order valence-corrected chi connectivity index (χ1v) is 6.91. The molecule has 1 aliphatic heterocycles. The number of rotatable bonds is 5. The Hall–Kier alpha value is -0.950. The summed E-state index contributed by atoms with van der Waals surface area (Å²) in [7, 11) is 0. The molecule has 0 spiro atoms. The second-order valence-electron chi connectivity index (χ2n) is 5.48. The third kappa shape index (κ3) is 2.97. The minimum Gasteiger partial charge on any atom is -0.379 e. The molecule has 0 saturated carbocycles. The maximum Gasteiger partial charge on any atom is 0.0669 e. The van der Waals surface area contributed by atoms with E-state index in [2.05, 4.69) is 42.4 Å². The first-order valence-electron chi connectivity index (χ1n) is 6.91. The predicted octanol–water partition coefficient (Wildman–Crippen LogP) is 0.518. The maximum absolute atomic E-state index is 5.80. The second-order valence-corrected chi connectivity index (χ2v) is 5.48. The molecule has 2 heterocycles. The lowest BCUT2D eigenvalue weighted by molar-refractivity contribution is -0.0238. The molecule has 108 valence electrons. The summed E-state index contributed by atoms with van der Waals surface area (Å²) in [6.45, 7) is 10.8. The molecule has 0 radical (unpaired) electrons. The quantitative estimate of drug-likeness (QED) is 0.601. The fourth-order valence-electron chi connectivity index (χ4n) is 2.73. The van der Waals surface area contributed by atoms with E-state index in [1.807, 2.05) is 10.9 Å². The van der Waals surface area contributed by atoms with Crippen molar-refractivity contribution in [1.82, 2.24) is 20.1 Å². The van der Waals surface area contributed by atoms with Crippen LogP contribution in [0.5, 0.6) is 0 Å². The van der Waals surface area contributed by atoms with Crippen LogP contribution in [0, 0.1) is 0 Å². The highest BCUT2D eigenvalue weighted by Crippen LogP contribution is 2.30. The van der Waals surface area contributed by atoms with Crippen molar-refractivity contribution in [2.75, 3.05) is 26.3 Å². The number of morpholine rings is 1. The summed E-state index contributed by atoms with van der Waals surface area (Å²) in [5.41, 5.74) is 4.00. The molecule has 6 nitrogen and oxygen atoms in total. The first-order chi connectivity index (χ1) is 9.09. The number of nitrogens with two attached hydrogens (primary N) is 1. The highest BCUT2D eigenvalue weighted by atomic mass is 16.5. The highest BCUT2D eigenvalue weighted by molar-refractivity contribution is 5.16. The third-order valence-corrected chi connectivity index (χ3v) is 4.01. The van der Waals surface area contributed by atoms with Crippen LogP contribution in [-0.2, 0) is 11.3 Å². The molecule has 1 aliphatic rings. The van der Waals surface area contributed by atoms with Crippen LogP contribution < -0.4 is 11.3 Å². The van der Waals surface area contributed by atoms with Crippen LogP contribution in [0.3, 0.4) is 0 Å². The molecule has 0 aliphatic carbocycles. The second kappa shape index (κ2) is 6.00. The van der Waals surface area contributed by atoms with Crippen molar-refractivity contribution < 1.29 is 4.74 Å². The van der Waals surface area contributed by atoms with Crippen LogP contribution in [0.15, 0.2) is 12.4 Å². The number of aromatic nitrogens is 2. The van der Waals surface area contributed by atoms with Gasteiger partial charge in [-0.05, 0) is 20.8 Å². The molecule has 1 unspecified atom stereocenters. The average Bonchev–Trinajstić information content (AvgIpc) is 2.89. The fourth-order valence-corrected chi connectivity index (χ4v) is 2.73. The van der Waals surface area contributed by atoms with Gasteiger partial charge in [0.05, 0.1) is 25.5 Å².